The largest absolute Gasteiger partial charge is 2.00 e. The van der Waals surface area contributed by atoms with Crippen LogP contribution in [-0.4, -0.2) is 29.9 Å². The molecule has 12 nitrogen and oxygen atoms in total. The molecule has 33 heteroatoms. The summed E-state index contributed by atoms with van der Waals surface area (Å²) in [5.74, 6) is -69.8. The minimum Gasteiger partial charge on any atom is -0.450 e. The molecule has 0 spiro atoms. The van der Waals surface area contributed by atoms with Gasteiger partial charge in [0.15, 0.2) is 11.5 Å². The van der Waals surface area contributed by atoms with Gasteiger partial charge in [0.25, 0.3) is 0 Å². The molecular formula is C40H4CuF20N8O4. The smallest absolute Gasteiger partial charge is 0.450 e. The van der Waals surface area contributed by atoms with Gasteiger partial charge in [-0.25, -0.2) is 62.7 Å². The number of benzene rings is 4. The first-order chi connectivity index (χ1) is 33.9. The van der Waals surface area contributed by atoms with Gasteiger partial charge >= 0.3 is 17.1 Å². The van der Waals surface area contributed by atoms with Crippen LogP contribution in [0.3, 0.4) is 0 Å². The van der Waals surface area contributed by atoms with Crippen LogP contribution in [-0.2, 0) is 17.1 Å². The molecule has 73 heavy (non-hydrogen) atoms. The first-order valence-electron chi connectivity index (χ1n) is 18.3. The van der Waals surface area contributed by atoms with E-state index in [0.29, 0.717) is 24.3 Å². The second-order valence-corrected chi connectivity index (χ2v) is 13.7. The summed E-state index contributed by atoms with van der Waals surface area (Å²) < 4.78 is 308. The average Bonchev–Trinajstić information content (AvgIpc) is 4.14. The fourth-order valence-corrected chi connectivity index (χ4v) is 5.93. The number of fused-ring (bicyclic) bond motifs is 8. The van der Waals surface area contributed by atoms with Crippen molar-refractivity contribution in [2.75, 3.05) is 0 Å². The number of hydrogen-bond donors (Lipinski definition) is 0. The van der Waals surface area contributed by atoms with E-state index in [4.69, 9.17) is 18.9 Å². The Hall–Kier alpha value is -8.48. The van der Waals surface area contributed by atoms with Crippen LogP contribution >= 0.6 is 0 Å². The molecule has 3 aromatic heterocycles. The van der Waals surface area contributed by atoms with Crippen molar-refractivity contribution in [3.05, 3.63) is 152 Å². The molecule has 0 saturated heterocycles. The van der Waals surface area contributed by atoms with Crippen molar-refractivity contribution in [2.24, 2.45) is 0 Å². The minimum atomic E-state index is -2.68. The molecule has 2 aliphatic heterocycles. The van der Waals surface area contributed by atoms with Gasteiger partial charge in [0, 0.05) is 23.4 Å². The number of ether oxygens (including phenoxy) is 4. The van der Waals surface area contributed by atoms with Gasteiger partial charge in [-0.2, -0.15) is 35.1 Å². The number of nitrogens with zero attached hydrogens (tertiary/aromatic N) is 8. The Bertz CT molecular complexity index is 3460. The van der Waals surface area contributed by atoms with Gasteiger partial charge < -0.3 is 48.9 Å². The van der Waals surface area contributed by atoms with Gasteiger partial charge in [0.1, 0.15) is 23.1 Å². The number of hydrogen-bond acceptors (Lipinski definition) is 10. The van der Waals surface area contributed by atoms with E-state index < -0.39 is 208 Å². The molecule has 0 unspecified atom stereocenters. The van der Waals surface area contributed by atoms with Crippen molar-refractivity contribution in [3.63, 3.8) is 0 Å². The summed E-state index contributed by atoms with van der Waals surface area (Å²) in [4.78, 5) is 30.1. The third-order valence-electron chi connectivity index (χ3n) is 9.21. The van der Waals surface area contributed by atoms with Gasteiger partial charge in [-0.05, 0) is 12.1 Å². The summed E-state index contributed by atoms with van der Waals surface area (Å²) in [5.41, 5.74) is -4.32. The molecule has 5 heterocycles. The molecule has 0 amide bonds. The Morgan fingerprint density at radius 2 is 0.521 bits per heavy atom. The Labute approximate surface area is 395 Å². The van der Waals surface area contributed by atoms with E-state index >= 15 is 0 Å². The first kappa shape index (κ1) is 50.9. The Morgan fingerprint density at radius 3 is 0.781 bits per heavy atom. The summed E-state index contributed by atoms with van der Waals surface area (Å²) in [7, 11) is 0. The zero-order chi connectivity index (χ0) is 52.1. The van der Waals surface area contributed by atoms with Gasteiger partial charge in [-0.15, -0.1) is 0 Å². The molecule has 0 fully saturated rings. The zero-order valence-corrected chi connectivity index (χ0v) is 34.3. The van der Waals surface area contributed by atoms with E-state index in [1.54, 1.807) is 0 Å². The monoisotopic (exact) mass is 1100 g/mol. The summed E-state index contributed by atoms with van der Waals surface area (Å²) in [5, 5.41) is 0. The fraction of sp³-hybridized carbons (Fsp3) is 0. The van der Waals surface area contributed by atoms with E-state index in [1.165, 1.54) is 0 Å². The predicted molar refractivity (Wildman–Crippen MR) is 192 cm³/mol. The van der Waals surface area contributed by atoms with Crippen LogP contribution in [0, 0.1) is 116 Å². The molecule has 0 atom stereocenters. The van der Waals surface area contributed by atoms with Crippen LogP contribution in [0.4, 0.5) is 87.8 Å². The van der Waals surface area contributed by atoms with Crippen molar-refractivity contribution in [3.8, 4) is 34.5 Å². The van der Waals surface area contributed by atoms with Gasteiger partial charge in [-0.1, -0.05) is 0 Å². The normalized spacial score (nSPS) is 12.2. The molecule has 1 radical (unpaired) electrons. The Morgan fingerprint density at radius 1 is 0.288 bits per heavy atom. The second kappa shape index (κ2) is 18.6. The van der Waals surface area contributed by atoms with Gasteiger partial charge in [0.05, 0.1) is 22.9 Å². The zero-order valence-electron chi connectivity index (χ0n) is 33.4. The van der Waals surface area contributed by atoms with Gasteiger partial charge in [0.2, 0.25) is 139 Å². The molecule has 0 aliphatic carbocycles. The predicted octanol–water partition coefficient (Wildman–Crippen LogP) is 10.7. The number of rotatable bonds is 8. The molecule has 4 aromatic carbocycles. The molecule has 8 bridgehead atoms. The van der Waals surface area contributed by atoms with E-state index in [0.717, 1.165) is 0 Å². The standard InChI is InChI=1S/C40H4F20N8O4.Cu/c41-13-17(45)25(53)33(26(54)18(13)46)69-5-1-9-61-37(5)66-10-3-7(71-35-29(57)21(49)15(43)22(50)30(35)58)39(63-10)68-12-4-8(72-36-31(59)23(51)16(44)24(52)32(36)60)40(64-12)67-11-2-6(38(62-11)65-9)70-34-27(55)19(47)14(42)20(48)28(34)56;/h1-4H;/q-2;+2. The first-order valence-corrected chi connectivity index (χ1v) is 18.3. The summed E-state index contributed by atoms with van der Waals surface area (Å²) >= 11 is 0. The Balaban J connectivity index is 0.00000711. The van der Waals surface area contributed by atoms with Gasteiger partial charge in [-0.3, -0.25) is 0 Å². The van der Waals surface area contributed by atoms with Crippen molar-refractivity contribution >= 4 is 46.3 Å². The molecule has 7 aromatic rings. The summed E-state index contributed by atoms with van der Waals surface area (Å²) in [6.07, 6.45) is 0.813. The summed E-state index contributed by atoms with van der Waals surface area (Å²) in [6.45, 7) is 0. The Kier molecular flexibility index (Phi) is 13.0. The van der Waals surface area contributed by atoms with Crippen molar-refractivity contribution in [1.82, 2.24) is 39.9 Å². The van der Waals surface area contributed by atoms with Crippen molar-refractivity contribution < 1.29 is 124 Å². The maximum Gasteiger partial charge on any atom is 2.00 e. The van der Waals surface area contributed by atoms with E-state index in [9.17, 15) is 87.8 Å². The SMILES string of the molecule is Fc1c(F)c(F)c(OC2=Cc3nc2nc2cc(Oc4c(F)c(F)c(F)c(F)c4F)c(nc4nc(nc5cc(Oc6c(F)c(F)c(F)c(F)c6F)c(n3)[n-]5)C(Oc3c(F)c(F)c(F)c(F)c3F)=C4)[n-]2)c(F)c1F.[Cu+2]. The van der Waals surface area contributed by atoms with E-state index in [-0.39, 0.29) is 17.1 Å². The van der Waals surface area contributed by atoms with Crippen molar-refractivity contribution in [1.29, 1.82) is 0 Å². The number of aromatic nitrogens is 8. The van der Waals surface area contributed by atoms with E-state index in [1.807, 2.05) is 0 Å². The molecule has 0 saturated carbocycles. The van der Waals surface area contributed by atoms with Crippen LogP contribution in [0.5, 0.6) is 34.5 Å². The molecule has 2 aliphatic rings. The van der Waals surface area contributed by atoms with Crippen LogP contribution in [0.25, 0.3) is 46.3 Å². The molecule has 379 valence electrons. The van der Waals surface area contributed by atoms with Crippen LogP contribution in [0.15, 0.2) is 12.1 Å². The molecule has 0 N–H and O–H groups in total. The maximum atomic E-state index is 14.9. The van der Waals surface area contributed by atoms with Crippen molar-refractivity contribution in [2.45, 2.75) is 0 Å². The fourth-order valence-electron chi connectivity index (χ4n) is 5.93. The molecular weight excluding hydrogens is 1100 g/mol. The molecule has 9 rings (SSSR count). The second-order valence-electron chi connectivity index (χ2n) is 13.7. The third kappa shape index (κ3) is 8.57. The van der Waals surface area contributed by atoms with Crippen LogP contribution in [0.2, 0.25) is 0 Å². The van der Waals surface area contributed by atoms with Crippen LogP contribution < -0.4 is 28.9 Å². The maximum absolute atomic E-state index is 14.9. The summed E-state index contributed by atoms with van der Waals surface area (Å²) in [6, 6.07) is 0.813. The van der Waals surface area contributed by atoms with Crippen LogP contribution in [0.1, 0.15) is 23.3 Å². The van der Waals surface area contributed by atoms with E-state index in [2.05, 4.69) is 39.9 Å². The average molecular weight is 1100 g/mol. The quantitative estimate of drug-likeness (QED) is 0.0619. The number of halogens is 20. The topological polar surface area (TPSA) is 142 Å². The third-order valence-corrected chi connectivity index (χ3v) is 9.21. The minimum absolute atomic E-state index is 0.